The molecule has 0 spiro atoms. The zero-order valence-corrected chi connectivity index (χ0v) is 10.4. The van der Waals surface area contributed by atoms with Gasteiger partial charge in [0.1, 0.15) is 11.6 Å². The summed E-state index contributed by atoms with van der Waals surface area (Å²) in [6, 6.07) is 4.71. The fraction of sp³-hybridized carbons (Fsp3) is 0.154. The maximum Gasteiger partial charge on any atom is 0.136 e. The Kier molecular flexibility index (Phi) is 5.44. The van der Waals surface area contributed by atoms with Crippen molar-refractivity contribution >= 4 is 17.7 Å². The van der Waals surface area contributed by atoms with E-state index in [1.165, 1.54) is 13.2 Å². The lowest BCUT2D eigenvalue weighted by molar-refractivity contribution is 0.369. The standard InChI is InChI=1S/C13H16FN3O/c1-10(18-3)13-11(14)6-4-7-12(13)16-8-5-9-17-15-2/h4-9,15-16H,1H2,2-3H3/b8-5+,17-9+. The van der Waals surface area contributed by atoms with Gasteiger partial charge in [-0.25, -0.2) is 4.39 Å². The second-order valence-corrected chi connectivity index (χ2v) is 3.29. The molecular formula is C13H16FN3O. The Morgan fingerprint density at radius 3 is 2.94 bits per heavy atom. The first-order chi connectivity index (χ1) is 8.70. The summed E-state index contributed by atoms with van der Waals surface area (Å²) < 4.78 is 18.6. The van der Waals surface area contributed by atoms with Gasteiger partial charge in [0.05, 0.1) is 18.4 Å². The molecule has 1 aromatic carbocycles. The van der Waals surface area contributed by atoms with Crippen molar-refractivity contribution in [2.24, 2.45) is 5.10 Å². The van der Waals surface area contributed by atoms with Crippen LogP contribution in [0.5, 0.6) is 0 Å². The predicted molar refractivity (Wildman–Crippen MR) is 72.8 cm³/mol. The van der Waals surface area contributed by atoms with Crippen molar-refractivity contribution in [2.45, 2.75) is 0 Å². The Morgan fingerprint density at radius 2 is 2.28 bits per heavy atom. The van der Waals surface area contributed by atoms with E-state index in [-0.39, 0.29) is 11.6 Å². The van der Waals surface area contributed by atoms with Crippen LogP contribution >= 0.6 is 0 Å². The molecule has 4 nitrogen and oxygen atoms in total. The van der Waals surface area contributed by atoms with E-state index in [9.17, 15) is 4.39 Å². The quantitative estimate of drug-likeness (QED) is 0.463. The van der Waals surface area contributed by atoms with Gasteiger partial charge in [0.15, 0.2) is 0 Å². The summed E-state index contributed by atoms with van der Waals surface area (Å²) in [6.07, 6.45) is 4.89. The van der Waals surface area contributed by atoms with Gasteiger partial charge < -0.3 is 15.5 Å². The van der Waals surface area contributed by atoms with Crippen LogP contribution in [0.2, 0.25) is 0 Å². The number of ether oxygens (including phenoxy) is 1. The van der Waals surface area contributed by atoms with Crippen molar-refractivity contribution in [2.75, 3.05) is 19.5 Å². The number of hydrogen-bond donors (Lipinski definition) is 2. The van der Waals surface area contributed by atoms with Gasteiger partial charge >= 0.3 is 0 Å². The van der Waals surface area contributed by atoms with E-state index in [2.05, 4.69) is 22.4 Å². The third-order valence-electron chi connectivity index (χ3n) is 2.16. The summed E-state index contributed by atoms with van der Waals surface area (Å²) in [4.78, 5) is 0. The largest absolute Gasteiger partial charge is 0.497 e. The Hall–Kier alpha value is -2.30. The number of hydrazone groups is 1. The van der Waals surface area contributed by atoms with E-state index >= 15 is 0 Å². The van der Waals surface area contributed by atoms with E-state index in [4.69, 9.17) is 4.74 Å². The van der Waals surface area contributed by atoms with Gasteiger partial charge in [-0.3, -0.25) is 0 Å². The highest BCUT2D eigenvalue weighted by Gasteiger charge is 2.11. The number of allylic oxidation sites excluding steroid dienone is 1. The predicted octanol–water partition coefficient (Wildman–Crippen LogP) is 2.57. The molecule has 5 heteroatoms. The Bertz CT molecular complexity index is 469. The second-order valence-electron chi connectivity index (χ2n) is 3.29. The Balaban J connectivity index is 2.88. The second kappa shape index (κ2) is 7.11. The minimum Gasteiger partial charge on any atom is -0.497 e. The first-order valence-corrected chi connectivity index (χ1v) is 5.34. The van der Waals surface area contributed by atoms with Crippen molar-refractivity contribution < 1.29 is 9.13 Å². The molecule has 0 unspecified atom stereocenters. The number of halogens is 1. The first kappa shape index (κ1) is 13.8. The van der Waals surface area contributed by atoms with E-state index < -0.39 is 0 Å². The summed E-state index contributed by atoms with van der Waals surface area (Å²) in [6.45, 7) is 3.66. The molecule has 2 N–H and O–H groups in total. The van der Waals surface area contributed by atoms with E-state index in [1.807, 2.05) is 0 Å². The topological polar surface area (TPSA) is 45.6 Å². The van der Waals surface area contributed by atoms with Gasteiger partial charge in [-0.1, -0.05) is 12.6 Å². The summed E-state index contributed by atoms with van der Waals surface area (Å²) >= 11 is 0. The highest BCUT2D eigenvalue weighted by atomic mass is 19.1. The average molecular weight is 249 g/mol. The molecule has 0 aliphatic rings. The van der Waals surface area contributed by atoms with Crippen molar-refractivity contribution in [3.8, 4) is 0 Å². The fourth-order valence-corrected chi connectivity index (χ4v) is 1.33. The summed E-state index contributed by atoms with van der Waals surface area (Å²) in [5, 5.41) is 6.72. The molecule has 0 amide bonds. The molecule has 1 rings (SSSR count). The van der Waals surface area contributed by atoms with Crippen LogP contribution < -0.4 is 10.7 Å². The molecule has 0 aromatic heterocycles. The molecule has 0 atom stereocenters. The molecule has 0 radical (unpaired) electrons. The minimum atomic E-state index is -0.385. The molecule has 0 bridgehead atoms. The fourth-order valence-electron chi connectivity index (χ4n) is 1.33. The van der Waals surface area contributed by atoms with Crippen LogP contribution in [0.1, 0.15) is 5.56 Å². The number of benzene rings is 1. The SMILES string of the molecule is C=C(OC)c1c(F)cccc1N/C=C/C=N/NC. The molecule has 0 saturated heterocycles. The van der Waals surface area contributed by atoms with Gasteiger partial charge in [0.2, 0.25) is 0 Å². The molecule has 0 fully saturated rings. The van der Waals surface area contributed by atoms with Crippen LogP contribution in [0, 0.1) is 5.82 Å². The smallest absolute Gasteiger partial charge is 0.136 e. The molecule has 96 valence electrons. The van der Waals surface area contributed by atoms with Crippen LogP contribution in [-0.4, -0.2) is 20.4 Å². The van der Waals surface area contributed by atoms with Crippen molar-refractivity contribution in [1.82, 2.24) is 5.43 Å². The third kappa shape index (κ3) is 3.62. The molecule has 0 aliphatic carbocycles. The number of rotatable bonds is 6. The summed E-state index contributed by atoms with van der Waals surface area (Å²) in [5.74, 6) is -0.114. The number of hydrogen-bond acceptors (Lipinski definition) is 4. The van der Waals surface area contributed by atoms with Gasteiger partial charge in [-0.05, 0) is 18.2 Å². The van der Waals surface area contributed by atoms with Crippen LogP contribution in [0.3, 0.4) is 0 Å². The Morgan fingerprint density at radius 1 is 1.50 bits per heavy atom. The average Bonchev–Trinajstić information content (AvgIpc) is 2.38. The van der Waals surface area contributed by atoms with E-state index in [1.54, 1.807) is 37.7 Å². The highest BCUT2D eigenvalue weighted by molar-refractivity contribution is 5.75. The number of anilines is 1. The lowest BCUT2D eigenvalue weighted by Crippen LogP contribution is -1.98. The molecule has 0 saturated carbocycles. The van der Waals surface area contributed by atoms with Gasteiger partial charge in [-0.2, -0.15) is 5.10 Å². The molecule has 18 heavy (non-hydrogen) atoms. The van der Waals surface area contributed by atoms with Crippen LogP contribution in [0.4, 0.5) is 10.1 Å². The van der Waals surface area contributed by atoms with Crippen molar-refractivity contribution in [1.29, 1.82) is 0 Å². The van der Waals surface area contributed by atoms with Crippen molar-refractivity contribution in [3.05, 3.63) is 48.4 Å². The van der Waals surface area contributed by atoms with Crippen LogP contribution in [-0.2, 0) is 4.74 Å². The molecule has 0 heterocycles. The first-order valence-electron chi connectivity index (χ1n) is 5.34. The zero-order chi connectivity index (χ0) is 13.4. The summed E-state index contributed by atoms with van der Waals surface area (Å²) in [7, 11) is 3.15. The number of methoxy groups -OCH3 is 1. The lowest BCUT2D eigenvalue weighted by atomic mass is 10.1. The van der Waals surface area contributed by atoms with Gasteiger partial charge in [0.25, 0.3) is 0 Å². The normalized spacial score (nSPS) is 10.8. The van der Waals surface area contributed by atoms with E-state index in [0.29, 0.717) is 11.3 Å². The van der Waals surface area contributed by atoms with Crippen LogP contribution in [0.15, 0.2) is 42.2 Å². The Labute approximate surface area is 106 Å². The lowest BCUT2D eigenvalue weighted by Gasteiger charge is -2.11. The number of nitrogens with zero attached hydrogens (tertiary/aromatic N) is 1. The van der Waals surface area contributed by atoms with Gasteiger partial charge in [-0.15, -0.1) is 0 Å². The molecule has 1 aromatic rings. The number of nitrogens with one attached hydrogen (secondary N) is 2. The summed E-state index contributed by atoms with van der Waals surface area (Å²) in [5.41, 5.74) is 3.51. The van der Waals surface area contributed by atoms with Gasteiger partial charge in [0, 0.05) is 19.5 Å². The minimum absolute atomic E-state index is 0.271. The van der Waals surface area contributed by atoms with Crippen LogP contribution in [0.25, 0.3) is 5.76 Å². The molecule has 0 aliphatic heterocycles. The monoisotopic (exact) mass is 249 g/mol. The van der Waals surface area contributed by atoms with Crippen molar-refractivity contribution in [3.63, 3.8) is 0 Å². The maximum atomic E-state index is 13.7. The van der Waals surface area contributed by atoms with E-state index in [0.717, 1.165) is 0 Å². The maximum absolute atomic E-state index is 13.7. The highest BCUT2D eigenvalue weighted by Crippen LogP contribution is 2.26. The third-order valence-corrected chi connectivity index (χ3v) is 2.16. The zero-order valence-electron chi connectivity index (χ0n) is 10.4. The molecular weight excluding hydrogens is 233 g/mol.